The van der Waals surface area contributed by atoms with Gasteiger partial charge in [0, 0.05) is 12.0 Å². The molecule has 0 unspecified atom stereocenters. The molecule has 0 atom stereocenters. The van der Waals surface area contributed by atoms with Gasteiger partial charge < -0.3 is 5.73 Å². The molecule has 13 heavy (non-hydrogen) atoms. The van der Waals surface area contributed by atoms with Crippen LogP contribution in [0.1, 0.15) is 37.4 Å². The van der Waals surface area contributed by atoms with E-state index in [0.29, 0.717) is 12.0 Å². The Morgan fingerprint density at radius 3 is 2.54 bits per heavy atom. The van der Waals surface area contributed by atoms with Gasteiger partial charge in [-0.25, -0.2) is 9.89 Å². The predicted octanol–water partition coefficient (Wildman–Crippen LogP) is 0.0829. The van der Waals surface area contributed by atoms with Gasteiger partial charge in [-0.15, -0.1) is 0 Å². The van der Waals surface area contributed by atoms with Gasteiger partial charge in [-0.2, -0.15) is 5.10 Å². The summed E-state index contributed by atoms with van der Waals surface area (Å²) in [6, 6.07) is 0.335. The zero-order valence-corrected chi connectivity index (χ0v) is 7.42. The number of rotatable bonds is 1. The third kappa shape index (κ3) is 1.80. The van der Waals surface area contributed by atoms with Crippen LogP contribution in [0, 0.1) is 0 Å². The first kappa shape index (κ1) is 8.50. The third-order valence-corrected chi connectivity index (χ3v) is 2.68. The van der Waals surface area contributed by atoms with Crippen LogP contribution in [0.25, 0.3) is 0 Å². The lowest BCUT2D eigenvalue weighted by Crippen LogP contribution is -2.26. The second-order valence-electron chi connectivity index (χ2n) is 3.67. The molecule has 1 fully saturated rings. The Bertz CT molecular complexity index is 321. The van der Waals surface area contributed by atoms with Crippen molar-refractivity contribution in [2.45, 2.75) is 37.6 Å². The summed E-state index contributed by atoms with van der Waals surface area (Å²) in [5, 5.41) is 6.32. The van der Waals surface area contributed by atoms with Gasteiger partial charge in [0.25, 0.3) is 0 Å². The Hall–Kier alpha value is -1.10. The first-order chi connectivity index (χ1) is 6.25. The number of nitrogens with zero attached hydrogens (tertiary/aromatic N) is 1. The van der Waals surface area contributed by atoms with Crippen molar-refractivity contribution in [2.24, 2.45) is 5.73 Å². The van der Waals surface area contributed by atoms with E-state index in [1.54, 1.807) is 0 Å². The Morgan fingerprint density at radius 2 is 2.00 bits per heavy atom. The molecule has 1 aliphatic carbocycles. The van der Waals surface area contributed by atoms with Crippen LogP contribution in [-0.4, -0.2) is 21.2 Å². The highest BCUT2D eigenvalue weighted by Crippen LogP contribution is 2.29. The minimum absolute atomic E-state index is 0.218. The minimum Gasteiger partial charge on any atom is -0.328 e. The minimum atomic E-state index is -0.218. The van der Waals surface area contributed by atoms with Gasteiger partial charge in [0.15, 0.2) is 0 Å². The third-order valence-electron chi connectivity index (χ3n) is 2.68. The van der Waals surface area contributed by atoms with Crippen LogP contribution >= 0.6 is 0 Å². The summed E-state index contributed by atoms with van der Waals surface area (Å²) >= 11 is 0. The van der Waals surface area contributed by atoms with Crippen molar-refractivity contribution < 1.29 is 0 Å². The molecule has 0 amide bonds. The number of nitrogens with one attached hydrogen (secondary N) is 2. The van der Waals surface area contributed by atoms with Gasteiger partial charge in [-0.05, 0) is 25.7 Å². The SMILES string of the molecule is NC1CCC(c2n[nH]c(=O)[nH]2)CC1. The fraction of sp³-hybridized carbons (Fsp3) is 0.750. The van der Waals surface area contributed by atoms with Gasteiger partial charge in [0.1, 0.15) is 5.82 Å². The molecule has 1 aliphatic rings. The molecule has 0 bridgehead atoms. The summed E-state index contributed by atoms with van der Waals surface area (Å²) in [7, 11) is 0. The van der Waals surface area contributed by atoms with Gasteiger partial charge >= 0.3 is 5.69 Å². The molecule has 5 nitrogen and oxygen atoms in total. The quantitative estimate of drug-likeness (QED) is 0.575. The Balaban J connectivity index is 2.06. The number of H-pyrrole nitrogens is 2. The van der Waals surface area contributed by atoms with Crippen LogP contribution in [0.3, 0.4) is 0 Å². The largest absolute Gasteiger partial charge is 0.340 e. The van der Waals surface area contributed by atoms with E-state index in [-0.39, 0.29) is 5.69 Å². The molecular weight excluding hydrogens is 168 g/mol. The van der Waals surface area contributed by atoms with Crippen molar-refractivity contribution >= 4 is 0 Å². The molecule has 0 aromatic carbocycles. The lowest BCUT2D eigenvalue weighted by molar-refractivity contribution is 0.385. The highest BCUT2D eigenvalue weighted by atomic mass is 16.1. The molecule has 1 aromatic rings. The van der Waals surface area contributed by atoms with E-state index in [4.69, 9.17) is 5.73 Å². The Kier molecular flexibility index (Phi) is 2.18. The van der Waals surface area contributed by atoms with Gasteiger partial charge in [0.2, 0.25) is 0 Å². The molecule has 1 heterocycles. The number of hydrogen-bond acceptors (Lipinski definition) is 3. The van der Waals surface area contributed by atoms with E-state index in [0.717, 1.165) is 31.5 Å². The van der Waals surface area contributed by atoms with Crippen molar-refractivity contribution in [3.63, 3.8) is 0 Å². The molecule has 72 valence electrons. The highest BCUT2D eigenvalue weighted by Gasteiger charge is 2.22. The Labute approximate surface area is 75.7 Å². The topological polar surface area (TPSA) is 87.6 Å². The van der Waals surface area contributed by atoms with Crippen LogP contribution in [0.15, 0.2) is 4.79 Å². The van der Waals surface area contributed by atoms with E-state index in [1.807, 2.05) is 0 Å². The standard InChI is InChI=1S/C8H14N4O/c9-6-3-1-5(2-4-6)7-10-8(13)12-11-7/h5-6H,1-4,9H2,(H2,10,11,12,13). The van der Waals surface area contributed by atoms with E-state index < -0.39 is 0 Å². The molecule has 1 saturated carbocycles. The van der Waals surface area contributed by atoms with Crippen LogP contribution in [-0.2, 0) is 0 Å². The van der Waals surface area contributed by atoms with E-state index >= 15 is 0 Å². The fourth-order valence-corrected chi connectivity index (χ4v) is 1.87. The molecular formula is C8H14N4O. The second-order valence-corrected chi connectivity index (χ2v) is 3.67. The number of aromatic nitrogens is 3. The molecule has 0 radical (unpaired) electrons. The maximum absolute atomic E-state index is 10.8. The average Bonchev–Trinajstić information content (AvgIpc) is 2.53. The monoisotopic (exact) mass is 182 g/mol. The summed E-state index contributed by atoms with van der Waals surface area (Å²) in [4.78, 5) is 13.5. The van der Waals surface area contributed by atoms with Crippen molar-refractivity contribution in [3.05, 3.63) is 16.3 Å². The summed E-state index contributed by atoms with van der Waals surface area (Å²) in [5.41, 5.74) is 5.56. The molecule has 0 aliphatic heterocycles. The first-order valence-corrected chi connectivity index (χ1v) is 4.66. The van der Waals surface area contributed by atoms with Gasteiger partial charge in [-0.1, -0.05) is 0 Å². The van der Waals surface area contributed by atoms with Crippen LogP contribution in [0.2, 0.25) is 0 Å². The summed E-state index contributed by atoms with van der Waals surface area (Å²) < 4.78 is 0. The summed E-state index contributed by atoms with van der Waals surface area (Å²) in [6.07, 6.45) is 4.11. The van der Waals surface area contributed by atoms with Crippen LogP contribution in [0.5, 0.6) is 0 Å². The maximum Gasteiger partial charge on any atom is 0.340 e. The average molecular weight is 182 g/mol. The number of aromatic amines is 2. The van der Waals surface area contributed by atoms with Crippen LogP contribution in [0.4, 0.5) is 0 Å². The molecule has 5 heteroatoms. The number of hydrogen-bond donors (Lipinski definition) is 3. The van der Waals surface area contributed by atoms with E-state index in [9.17, 15) is 4.79 Å². The molecule has 1 aromatic heterocycles. The van der Waals surface area contributed by atoms with Crippen LogP contribution < -0.4 is 11.4 Å². The van der Waals surface area contributed by atoms with Crippen molar-refractivity contribution in [2.75, 3.05) is 0 Å². The van der Waals surface area contributed by atoms with Crippen molar-refractivity contribution in [1.82, 2.24) is 15.2 Å². The van der Waals surface area contributed by atoms with E-state index in [2.05, 4.69) is 15.2 Å². The first-order valence-electron chi connectivity index (χ1n) is 4.66. The molecule has 4 N–H and O–H groups in total. The molecule has 2 rings (SSSR count). The lowest BCUT2D eigenvalue weighted by atomic mass is 9.86. The van der Waals surface area contributed by atoms with Gasteiger partial charge in [0.05, 0.1) is 0 Å². The summed E-state index contributed by atoms with van der Waals surface area (Å²) in [6.45, 7) is 0. The maximum atomic E-state index is 10.8. The van der Waals surface area contributed by atoms with Crippen molar-refractivity contribution in [1.29, 1.82) is 0 Å². The van der Waals surface area contributed by atoms with Gasteiger partial charge in [-0.3, -0.25) is 4.98 Å². The smallest absolute Gasteiger partial charge is 0.328 e. The zero-order valence-electron chi connectivity index (χ0n) is 7.42. The fourth-order valence-electron chi connectivity index (χ4n) is 1.87. The van der Waals surface area contributed by atoms with Crippen molar-refractivity contribution in [3.8, 4) is 0 Å². The predicted molar refractivity (Wildman–Crippen MR) is 48.4 cm³/mol. The second kappa shape index (κ2) is 3.33. The Morgan fingerprint density at radius 1 is 1.31 bits per heavy atom. The van der Waals surface area contributed by atoms with E-state index in [1.165, 1.54) is 0 Å². The number of nitrogens with two attached hydrogens (primary N) is 1. The normalized spacial score (nSPS) is 29.0. The highest BCUT2D eigenvalue weighted by molar-refractivity contribution is 4.96. The molecule has 0 spiro atoms. The molecule has 0 saturated heterocycles. The lowest BCUT2D eigenvalue weighted by Gasteiger charge is -2.23. The summed E-state index contributed by atoms with van der Waals surface area (Å²) in [5.74, 6) is 1.18. The zero-order chi connectivity index (χ0) is 9.26.